The SMILES string of the molecule is CCOP(=O)(CCSc1ncnc2c1cnn2C1OC(CO)C(O)C1O)OCC. The molecule has 1 aliphatic heterocycles. The Morgan fingerprint density at radius 1 is 1.24 bits per heavy atom. The highest BCUT2D eigenvalue weighted by atomic mass is 32.2. The minimum atomic E-state index is -3.14. The zero-order valence-corrected chi connectivity index (χ0v) is 17.8. The molecule has 3 heterocycles. The van der Waals surface area contributed by atoms with Gasteiger partial charge in [0.2, 0.25) is 0 Å². The average Bonchev–Trinajstić information content (AvgIpc) is 3.24. The van der Waals surface area contributed by atoms with Crippen LogP contribution in [-0.4, -0.2) is 85.1 Å². The van der Waals surface area contributed by atoms with E-state index in [-0.39, 0.29) is 6.16 Å². The van der Waals surface area contributed by atoms with Gasteiger partial charge in [-0.3, -0.25) is 4.57 Å². The van der Waals surface area contributed by atoms with Crippen LogP contribution in [0.15, 0.2) is 17.6 Å². The first kappa shape index (κ1) is 22.6. The summed E-state index contributed by atoms with van der Waals surface area (Å²) in [5.41, 5.74) is 0.412. The van der Waals surface area contributed by atoms with Gasteiger partial charge in [-0.1, -0.05) is 0 Å². The largest absolute Gasteiger partial charge is 0.394 e. The average molecular weight is 448 g/mol. The van der Waals surface area contributed by atoms with Gasteiger partial charge in [0, 0.05) is 5.75 Å². The lowest BCUT2D eigenvalue weighted by molar-refractivity contribution is -0.0566. The first-order valence-corrected chi connectivity index (χ1v) is 12.0. The van der Waals surface area contributed by atoms with Crippen molar-refractivity contribution in [2.24, 2.45) is 0 Å². The van der Waals surface area contributed by atoms with Gasteiger partial charge in [0.25, 0.3) is 0 Å². The number of hydrogen-bond donors (Lipinski definition) is 3. The Hall–Kier alpha value is -1.11. The maximum atomic E-state index is 12.6. The van der Waals surface area contributed by atoms with E-state index in [9.17, 15) is 19.9 Å². The molecule has 0 aromatic carbocycles. The number of thioether (sulfide) groups is 1. The number of aromatic nitrogens is 4. The van der Waals surface area contributed by atoms with E-state index in [2.05, 4.69) is 15.1 Å². The molecule has 4 unspecified atom stereocenters. The molecule has 4 atom stereocenters. The molecule has 13 heteroatoms. The van der Waals surface area contributed by atoms with Crippen molar-refractivity contribution in [3.05, 3.63) is 12.5 Å². The Morgan fingerprint density at radius 3 is 2.59 bits per heavy atom. The van der Waals surface area contributed by atoms with E-state index < -0.39 is 38.7 Å². The van der Waals surface area contributed by atoms with E-state index in [4.69, 9.17) is 13.8 Å². The monoisotopic (exact) mass is 448 g/mol. The Bertz CT molecular complexity index is 859. The molecule has 0 radical (unpaired) electrons. The number of ether oxygens (including phenoxy) is 1. The van der Waals surface area contributed by atoms with Crippen molar-refractivity contribution in [1.82, 2.24) is 19.7 Å². The molecule has 0 bridgehead atoms. The van der Waals surface area contributed by atoms with Gasteiger partial charge in [-0.05, 0) is 13.8 Å². The maximum absolute atomic E-state index is 12.6. The fraction of sp³-hybridized carbons (Fsp3) is 0.688. The zero-order valence-electron chi connectivity index (χ0n) is 16.1. The van der Waals surface area contributed by atoms with Gasteiger partial charge in [-0.25, -0.2) is 14.6 Å². The van der Waals surface area contributed by atoms with Crippen LogP contribution in [0.25, 0.3) is 11.0 Å². The van der Waals surface area contributed by atoms with Crippen molar-refractivity contribution < 1.29 is 33.7 Å². The lowest BCUT2D eigenvalue weighted by atomic mass is 10.1. The van der Waals surface area contributed by atoms with Crippen LogP contribution >= 0.6 is 19.4 Å². The second-order valence-electron chi connectivity index (χ2n) is 6.25. The van der Waals surface area contributed by atoms with E-state index in [1.807, 2.05) is 0 Å². The minimum absolute atomic E-state index is 0.230. The third-order valence-electron chi connectivity index (χ3n) is 4.37. The fourth-order valence-electron chi connectivity index (χ4n) is 3.04. The molecule has 0 amide bonds. The van der Waals surface area contributed by atoms with E-state index >= 15 is 0 Å². The second-order valence-corrected chi connectivity index (χ2v) is 9.52. The standard InChI is InChI=1S/C16H25N4O7PS/c1-3-25-28(24,26-4-2)5-6-29-15-10-7-19-20(14(10)17-9-18-15)16-13(23)12(22)11(8-21)27-16/h7,9,11-13,16,21-23H,3-6,8H2,1-2H3. The zero-order chi connectivity index (χ0) is 21.0. The molecule has 1 aliphatic rings. The highest BCUT2D eigenvalue weighted by Gasteiger charge is 2.44. The molecule has 2 aromatic heterocycles. The van der Waals surface area contributed by atoms with Crippen LogP contribution in [0.3, 0.4) is 0 Å². The Balaban J connectivity index is 1.76. The summed E-state index contributed by atoms with van der Waals surface area (Å²) in [6.07, 6.45) is -1.25. The lowest BCUT2D eigenvalue weighted by Crippen LogP contribution is -2.33. The van der Waals surface area contributed by atoms with Gasteiger partial charge in [0.1, 0.15) is 29.7 Å². The lowest BCUT2D eigenvalue weighted by Gasteiger charge is -2.16. The molecule has 3 N–H and O–H groups in total. The van der Waals surface area contributed by atoms with Gasteiger partial charge in [-0.2, -0.15) is 5.10 Å². The maximum Gasteiger partial charge on any atom is 0.331 e. The van der Waals surface area contributed by atoms with Crippen LogP contribution in [0.4, 0.5) is 0 Å². The first-order chi connectivity index (χ1) is 13.9. The topological polar surface area (TPSA) is 149 Å². The summed E-state index contributed by atoms with van der Waals surface area (Å²) in [6.45, 7) is 3.70. The van der Waals surface area contributed by atoms with Crippen LogP contribution in [0, 0.1) is 0 Å². The Morgan fingerprint density at radius 2 is 1.97 bits per heavy atom. The van der Waals surface area contributed by atoms with Gasteiger partial charge < -0.3 is 29.1 Å². The van der Waals surface area contributed by atoms with Crippen LogP contribution in [0.5, 0.6) is 0 Å². The predicted octanol–water partition coefficient (Wildman–Crippen LogP) is 0.796. The molecule has 2 aromatic rings. The van der Waals surface area contributed by atoms with Gasteiger partial charge in [-0.15, -0.1) is 11.8 Å². The third-order valence-corrected chi connectivity index (χ3v) is 7.75. The minimum Gasteiger partial charge on any atom is -0.394 e. The highest BCUT2D eigenvalue weighted by Crippen LogP contribution is 2.48. The van der Waals surface area contributed by atoms with E-state index in [1.165, 1.54) is 29.0 Å². The molecule has 162 valence electrons. The number of aliphatic hydroxyl groups is 3. The molecule has 1 fully saturated rings. The van der Waals surface area contributed by atoms with Gasteiger partial charge >= 0.3 is 7.60 Å². The second kappa shape index (κ2) is 9.80. The molecule has 1 saturated heterocycles. The first-order valence-electron chi connectivity index (χ1n) is 9.25. The van der Waals surface area contributed by atoms with E-state index in [0.717, 1.165) is 0 Å². The molecular weight excluding hydrogens is 423 g/mol. The normalized spacial score (nSPS) is 25.1. The summed E-state index contributed by atoms with van der Waals surface area (Å²) in [5, 5.41) is 34.9. The van der Waals surface area contributed by atoms with Gasteiger partial charge in [0.15, 0.2) is 11.9 Å². The Labute approximate surface area is 171 Å². The van der Waals surface area contributed by atoms with Crippen molar-refractivity contribution in [3.8, 4) is 0 Å². The van der Waals surface area contributed by atoms with Crippen molar-refractivity contribution >= 4 is 30.4 Å². The number of rotatable bonds is 10. The summed E-state index contributed by atoms with van der Waals surface area (Å²) in [5.74, 6) is 0.447. The summed E-state index contributed by atoms with van der Waals surface area (Å²) < 4.78 is 30.0. The van der Waals surface area contributed by atoms with Crippen LogP contribution in [0.1, 0.15) is 20.1 Å². The molecule has 3 rings (SSSR count). The summed E-state index contributed by atoms with van der Waals surface area (Å²) >= 11 is 1.36. The van der Waals surface area contributed by atoms with Crippen molar-refractivity contribution in [1.29, 1.82) is 0 Å². The highest BCUT2D eigenvalue weighted by molar-refractivity contribution is 7.99. The van der Waals surface area contributed by atoms with Crippen molar-refractivity contribution in [3.63, 3.8) is 0 Å². The van der Waals surface area contributed by atoms with Crippen molar-refractivity contribution in [2.45, 2.75) is 43.4 Å². The van der Waals surface area contributed by atoms with Crippen molar-refractivity contribution in [2.75, 3.05) is 31.7 Å². The molecular formula is C16H25N4O7PS. The molecule has 0 aliphatic carbocycles. The van der Waals surface area contributed by atoms with Crippen LogP contribution in [0.2, 0.25) is 0 Å². The number of aliphatic hydroxyl groups excluding tert-OH is 3. The van der Waals surface area contributed by atoms with E-state index in [1.54, 1.807) is 13.8 Å². The van der Waals surface area contributed by atoms with Crippen LogP contribution in [-0.2, 0) is 18.3 Å². The number of hydrogen-bond acceptors (Lipinski definition) is 11. The quantitative estimate of drug-likeness (QED) is 0.269. The molecule has 0 spiro atoms. The number of nitrogens with zero attached hydrogens (tertiary/aromatic N) is 4. The third kappa shape index (κ3) is 4.80. The molecule has 11 nitrogen and oxygen atoms in total. The summed E-state index contributed by atoms with van der Waals surface area (Å²) in [7, 11) is -3.14. The number of fused-ring (bicyclic) bond motifs is 1. The van der Waals surface area contributed by atoms with E-state index in [0.29, 0.717) is 35.0 Å². The summed E-state index contributed by atoms with van der Waals surface area (Å²) in [6, 6.07) is 0. The smallest absolute Gasteiger partial charge is 0.331 e. The predicted molar refractivity (Wildman–Crippen MR) is 105 cm³/mol. The Kier molecular flexibility index (Phi) is 7.63. The van der Waals surface area contributed by atoms with Gasteiger partial charge in [0.05, 0.1) is 37.6 Å². The molecule has 0 saturated carbocycles. The molecule has 29 heavy (non-hydrogen) atoms. The summed E-state index contributed by atoms with van der Waals surface area (Å²) in [4.78, 5) is 8.47. The fourth-order valence-corrected chi connectivity index (χ4v) is 6.03. The van der Waals surface area contributed by atoms with Crippen LogP contribution < -0.4 is 0 Å².